The largest absolute Gasteiger partial charge is 0.504 e. The molecule has 0 saturated carbocycles. The van der Waals surface area contributed by atoms with E-state index in [4.69, 9.17) is 10.2 Å². The van der Waals surface area contributed by atoms with Crippen molar-refractivity contribution in [3.8, 4) is 11.5 Å². The van der Waals surface area contributed by atoms with Crippen molar-refractivity contribution in [1.82, 2.24) is 5.32 Å². The van der Waals surface area contributed by atoms with Gasteiger partial charge in [-0.1, -0.05) is 0 Å². The zero-order chi connectivity index (χ0) is 11.4. The minimum Gasteiger partial charge on any atom is -0.504 e. The van der Waals surface area contributed by atoms with Gasteiger partial charge in [0.1, 0.15) is 5.78 Å². The Morgan fingerprint density at radius 1 is 1.27 bits per heavy atom. The van der Waals surface area contributed by atoms with Gasteiger partial charge in [-0.25, -0.2) is 0 Å². The first-order valence-electron chi connectivity index (χ1n) is 4.30. The molecule has 0 atom stereocenters. The summed E-state index contributed by atoms with van der Waals surface area (Å²) in [6.07, 6.45) is 0. The molecule has 1 aromatic rings. The highest BCUT2D eigenvalue weighted by molar-refractivity contribution is 5.96. The number of hydrogen-bond acceptors (Lipinski definition) is 4. The normalized spacial score (nSPS) is 9.67. The molecule has 0 saturated heterocycles. The van der Waals surface area contributed by atoms with E-state index >= 15 is 0 Å². The molecule has 1 aromatic carbocycles. The Morgan fingerprint density at radius 2 is 1.93 bits per heavy atom. The molecule has 0 aliphatic rings. The van der Waals surface area contributed by atoms with Crippen LogP contribution in [0, 0.1) is 0 Å². The topological polar surface area (TPSA) is 86.6 Å². The molecule has 0 aliphatic carbocycles. The predicted molar refractivity (Wildman–Crippen MR) is 52.8 cm³/mol. The molecule has 15 heavy (non-hydrogen) atoms. The quantitative estimate of drug-likeness (QED) is 0.629. The minimum atomic E-state index is -0.472. The Morgan fingerprint density at radius 3 is 2.47 bits per heavy atom. The zero-order valence-electron chi connectivity index (χ0n) is 8.15. The molecular weight excluding hydrogens is 198 g/mol. The highest BCUT2D eigenvalue weighted by Gasteiger charge is 2.08. The number of phenolic OH excluding ortho intramolecular Hbond substituents is 2. The molecule has 1 amide bonds. The van der Waals surface area contributed by atoms with Gasteiger partial charge in [0, 0.05) is 5.56 Å². The summed E-state index contributed by atoms with van der Waals surface area (Å²) in [4.78, 5) is 22.0. The number of nitrogens with one attached hydrogen (secondary N) is 1. The number of aromatic hydroxyl groups is 2. The molecule has 0 aromatic heterocycles. The van der Waals surface area contributed by atoms with E-state index in [1.165, 1.54) is 19.1 Å². The Labute approximate surface area is 86.4 Å². The van der Waals surface area contributed by atoms with E-state index in [9.17, 15) is 9.59 Å². The molecule has 80 valence electrons. The van der Waals surface area contributed by atoms with Crippen LogP contribution in [0.4, 0.5) is 0 Å². The number of benzene rings is 1. The molecule has 0 unspecified atom stereocenters. The fourth-order valence-corrected chi connectivity index (χ4v) is 0.971. The van der Waals surface area contributed by atoms with E-state index < -0.39 is 5.91 Å². The van der Waals surface area contributed by atoms with E-state index in [0.717, 1.165) is 6.07 Å². The lowest BCUT2D eigenvalue weighted by Gasteiger charge is -2.04. The van der Waals surface area contributed by atoms with E-state index in [2.05, 4.69) is 5.32 Å². The summed E-state index contributed by atoms with van der Waals surface area (Å²) in [7, 11) is 0. The summed E-state index contributed by atoms with van der Waals surface area (Å²) in [5.74, 6) is -1.30. The van der Waals surface area contributed by atoms with Crippen LogP contribution >= 0.6 is 0 Å². The molecule has 0 bridgehead atoms. The van der Waals surface area contributed by atoms with Gasteiger partial charge in [0.25, 0.3) is 5.91 Å². The van der Waals surface area contributed by atoms with Crippen molar-refractivity contribution in [3.63, 3.8) is 0 Å². The fourth-order valence-electron chi connectivity index (χ4n) is 0.971. The fraction of sp³-hybridized carbons (Fsp3) is 0.200. The summed E-state index contributed by atoms with van der Waals surface area (Å²) in [6, 6.07) is 3.69. The second kappa shape index (κ2) is 4.45. The van der Waals surface area contributed by atoms with Gasteiger partial charge in [-0.05, 0) is 25.1 Å². The minimum absolute atomic E-state index is 0.0551. The van der Waals surface area contributed by atoms with Gasteiger partial charge >= 0.3 is 0 Å². The first-order chi connectivity index (χ1) is 7.00. The molecule has 0 radical (unpaired) electrons. The van der Waals surface area contributed by atoms with Crippen molar-refractivity contribution in [2.45, 2.75) is 6.92 Å². The summed E-state index contributed by atoms with van der Waals surface area (Å²) in [5.41, 5.74) is 0.187. The standard InChI is InChI=1S/C10H11NO4/c1-6(12)5-11-10(15)7-2-3-8(13)9(14)4-7/h2-4,13-14H,5H2,1H3,(H,11,15). The molecular formula is C10H11NO4. The van der Waals surface area contributed by atoms with Crippen molar-refractivity contribution in [2.24, 2.45) is 0 Å². The van der Waals surface area contributed by atoms with Crippen LogP contribution in [0.1, 0.15) is 17.3 Å². The van der Waals surface area contributed by atoms with Crippen molar-refractivity contribution in [1.29, 1.82) is 0 Å². The third kappa shape index (κ3) is 2.98. The summed E-state index contributed by atoms with van der Waals surface area (Å²) < 4.78 is 0. The van der Waals surface area contributed by atoms with Gasteiger partial charge in [0.2, 0.25) is 0 Å². The SMILES string of the molecule is CC(=O)CNC(=O)c1ccc(O)c(O)c1. The monoisotopic (exact) mass is 209 g/mol. The molecule has 5 nitrogen and oxygen atoms in total. The number of rotatable bonds is 3. The molecule has 1 rings (SSSR count). The lowest BCUT2D eigenvalue weighted by Crippen LogP contribution is -2.28. The number of ketones is 1. The van der Waals surface area contributed by atoms with E-state index in [1.807, 2.05) is 0 Å². The van der Waals surface area contributed by atoms with Gasteiger partial charge in [0.05, 0.1) is 6.54 Å². The van der Waals surface area contributed by atoms with Gasteiger partial charge in [-0.2, -0.15) is 0 Å². The molecule has 3 N–H and O–H groups in total. The second-order valence-electron chi connectivity index (χ2n) is 3.09. The Hall–Kier alpha value is -2.04. The second-order valence-corrected chi connectivity index (χ2v) is 3.09. The number of phenols is 2. The van der Waals surface area contributed by atoms with E-state index in [0.29, 0.717) is 0 Å². The zero-order valence-corrected chi connectivity index (χ0v) is 8.15. The maximum atomic E-state index is 11.4. The molecule has 0 fully saturated rings. The third-order valence-corrected chi connectivity index (χ3v) is 1.74. The van der Waals surface area contributed by atoms with Crippen molar-refractivity contribution < 1.29 is 19.8 Å². The number of hydrogen-bond donors (Lipinski definition) is 3. The lowest BCUT2D eigenvalue weighted by molar-refractivity contribution is -0.116. The van der Waals surface area contributed by atoms with Crippen LogP contribution in [0.15, 0.2) is 18.2 Å². The summed E-state index contributed by atoms with van der Waals surface area (Å²) in [6.45, 7) is 1.30. The Bertz CT molecular complexity index is 400. The van der Waals surface area contributed by atoms with Gasteiger partial charge < -0.3 is 15.5 Å². The first-order valence-corrected chi connectivity index (χ1v) is 4.30. The molecule has 0 aliphatic heterocycles. The van der Waals surface area contributed by atoms with Crippen LogP contribution in [-0.2, 0) is 4.79 Å². The van der Waals surface area contributed by atoms with E-state index in [1.54, 1.807) is 0 Å². The number of Topliss-reactive ketones (excluding diaryl/α,β-unsaturated/α-hetero) is 1. The van der Waals surface area contributed by atoms with E-state index in [-0.39, 0.29) is 29.4 Å². The Balaban J connectivity index is 2.74. The Kier molecular flexibility index (Phi) is 3.28. The highest BCUT2D eigenvalue weighted by atomic mass is 16.3. The predicted octanol–water partition coefficient (Wildman–Crippen LogP) is 0.417. The lowest BCUT2D eigenvalue weighted by atomic mass is 10.2. The third-order valence-electron chi connectivity index (χ3n) is 1.74. The number of carbonyl (C=O) groups excluding carboxylic acids is 2. The first kappa shape index (κ1) is 11.0. The van der Waals surface area contributed by atoms with Crippen molar-refractivity contribution in [3.05, 3.63) is 23.8 Å². The number of amides is 1. The van der Waals surface area contributed by atoms with Gasteiger partial charge in [-0.15, -0.1) is 0 Å². The van der Waals surface area contributed by atoms with Crippen LogP contribution < -0.4 is 5.32 Å². The van der Waals surface area contributed by atoms with Crippen LogP contribution in [-0.4, -0.2) is 28.4 Å². The van der Waals surface area contributed by atoms with Crippen molar-refractivity contribution >= 4 is 11.7 Å². The number of carbonyl (C=O) groups is 2. The summed E-state index contributed by atoms with van der Waals surface area (Å²) in [5, 5.41) is 20.5. The molecule has 5 heteroatoms. The highest BCUT2D eigenvalue weighted by Crippen LogP contribution is 2.24. The smallest absolute Gasteiger partial charge is 0.251 e. The van der Waals surface area contributed by atoms with Crippen molar-refractivity contribution in [2.75, 3.05) is 6.54 Å². The molecule has 0 heterocycles. The maximum Gasteiger partial charge on any atom is 0.251 e. The average molecular weight is 209 g/mol. The van der Waals surface area contributed by atoms with Crippen LogP contribution in [0.25, 0.3) is 0 Å². The van der Waals surface area contributed by atoms with Crippen LogP contribution in [0.5, 0.6) is 11.5 Å². The summed E-state index contributed by atoms with van der Waals surface area (Å²) >= 11 is 0. The average Bonchev–Trinajstić information content (AvgIpc) is 2.18. The maximum absolute atomic E-state index is 11.4. The van der Waals surface area contributed by atoms with Crippen LogP contribution in [0.3, 0.4) is 0 Å². The van der Waals surface area contributed by atoms with Gasteiger partial charge in [0.15, 0.2) is 11.5 Å². The van der Waals surface area contributed by atoms with Crippen LogP contribution in [0.2, 0.25) is 0 Å². The molecule has 0 spiro atoms. The van der Waals surface area contributed by atoms with Gasteiger partial charge in [-0.3, -0.25) is 9.59 Å².